The van der Waals surface area contributed by atoms with Gasteiger partial charge in [0.25, 0.3) is 0 Å². The molecule has 0 radical (unpaired) electrons. The summed E-state index contributed by atoms with van der Waals surface area (Å²) in [5.41, 5.74) is 0. The second-order valence-corrected chi connectivity index (χ2v) is 2.69. The van der Waals surface area contributed by atoms with Crippen molar-refractivity contribution in [1.29, 1.82) is 0 Å². The maximum atomic E-state index is 11.1. The highest BCUT2D eigenvalue weighted by molar-refractivity contribution is 5.96. The molecule has 7 nitrogen and oxygen atoms in total. The van der Waals surface area contributed by atoms with Crippen LogP contribution in [0.2, 0.25) is 0 Å². The Hall–Kier alpha value is -1.63. The molecule has 7 heteroatoms. The molecule has 0 aliphatic rings. The SMILES string of the molecule is COC(=O)C(C(=O)OC)[C@H](O)CC(=O)O. The summed E-state index contributed by atoms with van der Waals surface area (Å²) in [4.78, 5) is 32.4. The van der Waals surface area contributed by atoms with Gasteiger partial charge in [-0.25, -0.2) is 0 Å². The van der Waals surface area contributed by atoms with E-state index < -0.39 is 36.4 Å². The molecule has 0 fully saturated rings. The number of carbonyl (C=O) groups excluding carboxylic acids is 2. The molecule has 0 rings (SSSR count). The molecule has 15 heavy (non-hydrogen) atoms. The summed E-state index contributed by atoms with van der Waals surface area (Å²) in [5, 5.41) is 17.7. The van der Waals surface area contributed by atoms with Crippen molar-refractivity contribution in [1.82, 2.24) is 0 Å². The van der Waals surface area contributed by atoms with Gasteiger partial charge in [0.1, 0.15) is 0 Å². The summed E-state index contributed by atoms with van der Waals surface area (Å²) in [6.45, 7) is 0. The van der Waals surface area contributed by atoms with Crippen LogP contribution in [-0.4, -0.2) is 48.4 Å². The molecule has 0 saturated heterocycles. The van der Waals surface area contributed by atoms with Crippen LogP contribution in [0.4, 0.5) is 0 Å². The van der Waals surface area contributed by atoms with Crippen LogP contribution < -0.4 is 0 Å². The van der Waals surface area contributed by atoms with Gasteiger partial charge in [-0.2, -0.15) is 0 Å². The highest BCUT2D eigenvalue weighted by Gasteiger charge is 2.36. The predicted molar refractivity (Wildman–Crippen MR) is 45.8 cm³/mol. The minimum Gasteiger partial charge on any atom is -0.481 e. The van der Waals surface area contributed by atoms with Crippen LogP contribution in [0.5, 0.6) is 0 Å². The Labute approximate surface area is 85.6 Å². The largest absolute Gasteiger partial charge is 0.481 e. The molecular weight excluding hydrogens is 208 g/mol. The Balaban J connectivity index is 4.69. The zero-order chi connectivity index (χ0) is 12.0. The molecule has 2 N–H and O–H groups in total. The molecule has 86 valence electrons. The third kappa shape index (κ3) is 3.94. The summed E-state index contributed by atoms with van der Waals surface area (Å²) in [6.07, 6.45) is -2.41. The van der Waals surface area contributed by atoms with E-state index in [1.54, 1.807) is 0 Å². The van der Waals surface area contributed by atoms with Gasteiger partial charge in [-0.1, -0.05) is 0 Å². The molecule has 0 heterocycles. The van der Waals surface area contributed by atoms with E-state index in [-0.39, 0.29) is 0 Å². The number of aliphatic carboxylic acids is 1. The number of carboxylic acid groups (broad SMARTS) is 1. The fraction of sp³-hybridized carbons (Fsp3) is 0.625. The third-order valence-electron chi connectivity index (χ3n) is 1.68. The molecule has 0 aromatic heterocycles. The lowest BCUT2D eigenvalue weighted by molar-refractivity contribution is -0.165. The number of aliphatic hydroxyl groups excluding tert-OH is 1. The fourth-order valence-corrected chi connectivity index (χ4v) is 0.961. The number of methoxy groups -OCH3 is 2. The van der Waals surface area contributed by atoms with Crippen molar-refractivity contribution >= 4 is 17.9 Å². The normalized spacial score (nSPS) is 12.0. The standard InChI is InChI=1S/C8H12O7/c1-14-7(12)6(8(13)15-2)4(9)3-5(10)11/h4,6,9H,3H2,1-2H3,(H,10,11)/t4-/m1/s1. The minimum atomic E-state index is -1.66. The van der Waals surface area contributed by atoms with Crippen LogP contribution in [0.3, 0.4) is 0 Å². The second kappa shape index (κ2) is 5.97. The van der Waals surface area contributed by atoms with Crippen molar-refractivity contribution in [2.75, 3.05) is 14.2 Å². The Kier molecular flexibility index (Phi) is 5.32. The second-order valence-electron chi connectivity index (χ2n) is 2.69. The van der Waals surface area contributed by atoms with Crippen LogP contribution in [-0.2, 0) is 23.9 Å². The fourth-order valence-electron chi connectivity index (χ4n) is 0.961. The molecule has 0 bridgehead atoms. The molecule has 0 spiro atoms. The van der Waals surface area contributed by atoms with Crippen LogP contribution in [0.25, 0.3) is 0 Å². The number of hydrogen-bond donors (Lipinski definition) is 2. The highest BCUT2D eigenvalue weighted by atomic mass is 16.5. The van der Waals surface area contributed by atoms with Gasteiger partial charge in [-0.3, -0.25) is 14.4 Å². The smallest absolute Gasteiger partial charge is 0.322 e. The van der Waals surface area contributed by atoms with Crippen molar-refractivity contribution in [3.05, 3.63) is 0 Å². The quantitative estimate of drug-likeness (QED) is 0.441. The van der Waals surface area contributed by atoms with Gasteiger partial charge >= 0.3 is 17.9 Å². The first-order valence-electron chi connectivity index (χ1n) is 3.99. The number of aliphatic hydroxyl groups is 1. The predicted octanol–water partition coefficient (Wildman–Crippen LogP) is -1.22. The minimum absolute atomic E-state index is 0.741. The van der Waals surface area contributed by atoms with Gasteiger partial charge in [0.05, 0.1) is 26.7 Å². The highest BCUT2D eigenvalue weighted by Crippen LogP contribution is 2.11. The van der Waals surface area contributed by atoms with Gasteiger partial charge in [0.2, 0.25) is 0 Å². The monoisotopic (exact) mass is 220 g/mol. The van der Waals surface area contributed by atoms with Gasteiger partial charge in [0.15, 0.2) is 5.92 Å². The van der Waals surface area contributed by atoms with E-state index in [0.29, 0.717) is 0 Å². The van der Waals surface area contributed by atoms with Crippen molar-refractivity contribution in [3.8, 4) is 0 Å². The number of esters is 2. The van der Waals surface area contributed by atoms with Crippen molar-refractivity contribution in [2.45, 2.75) is 12.5 Å². The zero-order valence-electron chi connectivity index (χ0n) is 8.30. The number of ether oxygens (including phenoxy) is 2. The zero-order valence-corrected chi connectivity index (χ0v) is 8.30. The first kappa shape index (κ1) is 13.4. The van der Waals surface area contributed by atoms with E-state index in [9.17, 15) is 19.5 Å². The molecule has 0 saturated carbocycles. The molecular formula is C8H12O7. The van der Waals surface area contributed by atoms with Gasteiger partial charge in [-0.05, 0) is 0 Å². The topological polar surface area (TPSA) is 110 Å². The molecule has 0 amide bonds. The van der Waals surface area contributed by atoms with Crippen LogP contribution in [0, 0.1) is 5.92 Å². The van der Waals surface area contributed by atoms with Gasteiger partial charge in [-0.15, -0.1) is 0 Å². The summed E-state index contributed by atoms with van der Waals surface area (Å²) in [6, 6.07) is 0. The molecule has 0 aliphatic heterocycles. The average molecular weight is 220 g/mol. The number of rotatable bonds is 5. The summed E-state index contributed by atoms with van der Waals surface area (Å²) < 4.78 is 8.49. The lowest BCUT2D eigenvalue weighted by Gasteiger charge is -2.16. The molecule has 0 aliphatic carbocycles. The van der Waals surface area contributed by atoms with E-state index in [1.807, 2.05) is 0 Å². The van der Waals surface area contributed by atoms with E-state index in [4.69, 9.17) is 5.11 Å². The van der Waals surface area contributed by atoms with Crippen molar-refractivity contribution < 1.29 is 34.1 Å². The summed E-state index contributed by atoms with van der Waals surface area (Å²) >= 11 is 0. The van der Waals surface area contributed by atoms with E-state index in [2.05, 4.69) is 9.47 Å². The first-order valence-corrected chi connectivity index (χ1v) is 3.99. The van der Waals surface area contributed by atoms with Crippen LogP contribution in [0.1, 0.15) is 6.42 Å². The van der Waals surface area contributed by atoms with E-state index in [0.717, 1.165) is 14.2 Å². The molecule has 0 aromatic rings. The van der Waals surface area contributed by atoms with Crippen molar-refractivity contribution in [2.24, 2.45) is 5.92 Å². The average Bonchev–Trinajstić information content (AvgIpc) is 2.16. The Bertz CT molecular complexity index is 244. The van der Waals surface area contributed by atoms with Gasteiger partial charge < -0.3 is 19.7 Å². The lowest BCUT2D eigenvalue weighted by atomic mass is 10.0. The van der Waals surface area contributed by atoms with E-state index >= 15 is 0 Å². The molecule has 1 atom stereocenters. The Morgan fingerprint density at radius 3 is 1.80 bits per heavy atom. The maximum Gasteiger partial charge on any atom is 0.322 e. The van der Waals surface area contributed by atoms with Gasteiger partial charge in [0, 0.05) is 0 Å². The Morgan fingerprint density at radius 2 is 1.53 bits per heavy atom. The Morgan fingerprint density at radius 1 is 1.13 bits per heavy atom. The maximum absolute atomic E-state index is 11.1. The lowest BCUT2D eigenvalue weighted by Crippen LogP contribution is -2.38. The molecule has 0 unspecified atom stereocenters. The summed E-state index contributed by atoms with van der Waals surface area (Å²) in [7, 11) is 2.04. The van der Waals surface area contributed by atoms with Crippen LogP contribution >= 0.6 is 0 Å². The number of carbonyl (C=O) groups is 3. The third-order valence-corrected chi connectivity index (χ3v) is 1.68. The van der Waals surface area contributed by atoms with Crippen molar-refractivity contribution in [3.63, 3.8) is 0 Å². The number of carboxylic acids is 1. The van der Waals surface area contributed by atoms with Crippen LogP contribution in [0.15, 0.2) is 0 Å². The number of hydrogen-bond acceptors (Lipinski definition) is 6. The molecule has 0 aromatic carbocycles. The first-order chi connectivity index (χ1) is 6.93. The van der Waals surface area contributed by atoms with E-state index in [1.165, 1.54) is 0 Å². The summed E-state index contributed by atoms with van der Waals surface area (Å²) in [5.74, 6) is -5.03.